The molecule has 4 aromatic rings. The second-order valence-corrected chi connectivity index (χ2v) is 9.19. The average Bonchev–Trinajstić information content (AvgIpc) is 3.60. The maximum absolute atomic E-state index is 12.7. The van der Waals surface area contributed by atoms with Gasteiger partial charge in [-0.3, -0.25) is 14.0 Å². The van der Waals surface area contributed by atoms with Gasteiger partial charge in [0.05, 0.1) is 0 Å². The first kappa shape index (κ1) is 22.0. The van der Waals surface area contributed by atoms with Crippen molar-refractivity contribution in [3.63, 3.8) is 0 Å². The number of anilines is 2. The van der Waals surface area contributed by atoms with E-state index in [1.165, 1.54) is 6.08 Å². The summed E-state index contributed by atoms with van der Waals surface area (Å²) in [6.07, 6.45) is 9.37. The van der Waals surface area contributed by atoms with Crippen molar-refractivity contribution in [1.29, 1.82) is 0 Å². The van der Waals surface area contributed by atoms with Crippen LogP contribution in [0.2, 0.25) is 0 Å². The lowest BCUT2D eigenvalue weighted by atomic mass is 9.88. The molecular formula is C27H25N7O2. The van der Waals surface area contributed by atoms with Crippen LogP contribution in [0, 0.1) is 0 Å². The van der Waals surface area contributed by atoms with Crippen molar-refractivity contribution in [2.24, 2.45) is 0 Å². The molecule has 6 rings (SSSR count). The van der Waals surface area contributed by atoms with E-state index in [0.717, 1.165) is 36.2 Å². The highest BCUT2D eigenvalue weighted by Gasteiger charge is 2.49. The second kappa shape index (κ2) is 8.60. The highest BCUT2D eigenvalue weighted by Crippen LogP contribution is 2.47. The van der Waals surface area contributed by atoms with E-state index in [1.807, 2.05) is 33.7 Å². The van der Waals surface area contributed by atoms with E-state index in [2.05, 4.69) is 21.9 Å². The van der Waals surface area contributed by atoms with Gasteiger partial charge in [0.2, 0.25) is 5.91 Å². The van der Waals surface area contributed by atoms with Gasteiger partial charge in [0.15, 0.2) is 0 Å². The van der Waals surface area contributed by atoms with Crippen molar-refractivity contribution in [1.82, 2.24) is 24.3 Å². The number of nitrogens with two attached hydrogens (primary N) is 1. The van der Waals surface area contributed by atoms with E-state index in [1.54, 1.807) is 36.7 Å². The molecule has 2 saturated heterocycles. The minimum absolute atomic E-state index is 0.0215. The number of amides is 2. The molecule has 0 aliphatic carbocycles. The van der Waals surface area contributed by atoms with E-state index < -0.39 is 0 Å². The molecule has 9 nitrogen and oxygen atoms in total. The molecule has 2 amide bonds. The summed E-state index contributed by atoms with van der Waals surface area (Å²) in [6.45, 7) is 3.68. The number of imidazole rings is 1. The van der Waals surface area contributed by atoms with Gasteiger partial charge in [-0.2, -0.15) is 0 Å². The zero-order chi connectivity index (χ0) is 24.8. The standard InChI is InChI=1S/C27H25N7O2/c1-2-22(35)34-18-10-11-20(34)19(15-18)26-32-23(24-25(28)30-13-14-33(24)26)16-6-8-17(9-7-16)27(36)31-21-5-3-4-12-29-21/h2-9,12-14,18-20H,1,10-11,15H2,(H2,28,30)(H,29,31,36)/t18?,19-,20?/m0/s1. The van der Waals surface area contributed by atoms with Crippen LogP contribution in [0.5, 0.6) is 0 Å². The molecule has 2 fully saturated rings. The monoisotopic (exact) mass is 479 g/mol. The van der Waals surface area contributed by atoms with Gasteiger partial charge in [-0.15, -0.1) is 0 Å². The van der Waals surface area contributed by atoms with Gasteiger partial charge in [0, 0.05) is 47.7 Å². The molecular weight excluding hydrogens is 454 g/mol. The van der Waals surface area contributed by atoms with E-state index in [0.29, 0.717) is 22.9 Å². The molecule has 3 atom stereocenters. The smallest absolute Gasteiger partial charge is 0.256 e. The van der Waals surface area contributed by atoms with Gasteiger partial charge in [0.25, 0.3) is 5.91 Å². The van der Waals surface area contributed by atoms with Crippen LogP contribution in [0.3, 0.4) is 0 Å². The summed E-state index contributed by atoms with van der Waals surface area (Å²) in [5, 5.41) is 2.79. The summed E-state index contributed by atoms with van der Waals surface area (Å²) in [6, 6.07) is 12.9. The number of carbonyl (C=O) groups is 2. The van der Waals surface area contributed by atoms with Crippen molar-refractivity contribution in [2.75, 3.05) is 11.1 Å². The van der Waals surface area contributed by atoms with Crippen LogP contribution in [0.15, 0.2) is 73.7 Å². The van der Waals surface area contributed by atoms with Crippen LogP contribution in [0.25, 0.3) is 16.8 Å². The molecule has 3 aromatic heterocycles. The first-order chi connectivity index (χ1) is 17.5. The Morgan fingerprint density at radius 3 is 2.67 bits per heavy atom. The van der Waals surface area contributed by atoms with Crippen molar-refractivity contribution >= 4 is 29.0 Å². The molecule has 0 saturated carbocycles. The average molecular weight is 480 g/mol. The van der Waals surface area contributed by atoms with Crippen molar-refractivity contribution < 1.29 is 9.59 Å². The summed E-state index contributed by atoms with van der Waals surface area (Å²) >= 11 is 0. The Balaban J connectivity index is 1.35. The predicted molar refractivity (Wildman–Crippen MR) is 136 cm³/mol. The molecule has 5 heterocycles. The van der Waals surface area contributed by atoms with Crippen LogP contribution >= 0.6 is 0 Å². The van der Waals surface area contributed by atoms with Crippen LogP contribution in [-0.2, 0) is 4.79 Å². The SMILES string of the molecule is C=CC(=O)N1C2CCC1[C@@H](c1nc(-c3ccc(C(=O)Nc4ccccn4)cc3)c3c(N)nccn13)C2. The third-order valence-electron chi connectivity index (χ3n) is 7.23. The molecule has 0 radical (unpaired) electrons. The van der Waals surface area contributed by atoms with Gasteiger partial charge < -0.3 is 16.0 Å². The summed E-state index contributed by atoms with van der Waals surface area (Å²) in [5.41, 5.74) is 9.09. The van der Waals surface area contributed by atoms with Gasteiger partial charge in [-0.25, -0.2) is 15.0 Å². The lowest BCUT2D eigenvalue weighted by Crippen LogP contribution is -2.35. The fourth-order valence-corrected chi connectivity index (χ4v) is 5.67. The topological polar surface area (TPSA) is 119 Å². The largest absolute Gasteiger partial charge is 0.382 e. The molecule has 2 aliphatic heterocycles. The molecule has 2 unspecified atom stereocenters. The first-order valence-electron chi connectivity index (χ1n) is 11.9. The number of hydrogen-bond donors (Lipinski definition) is 2. The Kier molecular flexibility index (Phi) is 5.25. The Bertz CT molecular complexity index is 1480. The minimum atomic E-state index is -0.245. The van der Waals surface area contributed by atoms with Crippen LogP contribution in [0.1, 0.15) is 41.4 Å². The summed E-state index contributed by atoms with van der Waals surface area (Å²) in [4.78, 5) is 40.6. The summed E-state index contributed by atoms with van der Waals surface area (Å²) in [5.74, 6) is 1.58. The second-order valence-electron chi connectivity index (χ2n) is 9.19. The maximum Gasteiger partial charge on any atom is 0.256 e. The normalized spacial score (nSPS) is 20.6. The predicted octanol–water partition coefficient (Wildman–Crippen LogP) is 3.66. The molecule has 180 valence electrons. The summed E-state index contributed by atoms with van der Waals surface area (Å²) in [7, 11) is 0. The molecule has 36 heavy (non-hydrogen) atoms. The maximum atomic E-state index is 12.7. The Morgan fingerprint density at radius 2 is 1.92 bits per heavy atom. The van der Waals surface area contributed by atoms with Gasteiger partial charge >= 0.3 is 0 Å². The fourth-order valence-electron chi connectivity index (χ4n) is 5.67. The third kappa shape index (κ3) is 3.51. The molecule has 3 N–H and O–H groups in total. The molecule has 1 aromatic carbocycles. The van der Waals surface area contributed by atoms with E-state index >= 15 is 0 Å². The highest BCUT2D eigenvalue weighted by molar-refractivity contribution is 6.04. The number of carbonyl (C=O) groups excluding carboxylic acids is 2. The number of pyridine rings is 1. The third-order valence-corrected chi connectivity index (χ3v) is 7.23. The number of rotatable bonds is 5. The Labute approximate surface area is 207 Å². The number of nitrogen functional groups attached to an aromatic ring is 1. The van der Waals surface area contributed by atoms with Gasteiger partial charge in [0.1, 0.15) is 28.7 Å². The van der Waals surface area contributed by atoms with Crippen molar-refractivity contribution in [3.8, 4) is 11.3 Å². The quantitative estimate of drug-likeness (QED) is 0.422. The van der Waals surface area contributed by atoms with Crippen LogP contribution in [-0.4, -0.2) is 48.2 Å². The highest BCUT2D eigenvalue weighted by atomic mass is 16.2. The van der Waals surface area contributed by atoms with E-state index in [9.17, 15) is 9.59 Å². The zero-order valence-electron chi connectivity index (χ0n) is 19.5. The minimum Gasteiger partial charge on any atom is -0.382 e. The number of nitrogens with one attached hydrogen (secondary N) is 1. The Hall–Kier alpha value is -4.53. The molecule has 9 heteroatoms. The lowest BCUT2D eigenvalue weighted by molar-refractivity contribution is -0.127. The van der Waals surface area contributed by atoms with Crippen molar-refractivity contribution in [2.45, 2.75) is 37.3 Å². The number of nitrogens with zero attached hydrogens (tertiary/aromatic N) is 5. The first-order valence-corrected chi connectivity index (χ1v) is 11.9. The summed E-state index contributed by atoms with van der Waals surface area (Å²) < 4.78 is 2.00. The van der Waals surface area contributed by atoms with Gasteiger partial charge in [-0.05, 0) is 49.6 Å². The molecule has 0 spiro atoms. The number of benzene rings is 1. The van der Waals surface area contributed by atoms with E-state index in [-0.39, 0.29) is 29.8 Å². The number of fused-ring (bicyclic) bond motifs is 3. The fraction of sp³-hybridized carbons (Fsp3) is 0.222. The van der Waals surface area contributed by atoms with E-state index in [4.69, 9.17) is 10.7 Å². The van der Waals surface area contributed by atoms with Gasteiger partial charge in [-0.1, -0.05) is 24.8 Å². The number of hydrogen-bond acceptors (Lipinski definition) is 6. The van der Waals surface area contributed by atoms with Crippen molar-refractivity contribution in [3.05, 3.63) is 85.1 Å². The Morgan fingerprint density at radius 1 is 1.08 bits per heavy atom. The zero-order valence-corrected chi connectivity index (χ0v) is 19.5. The lowest BCUT2D eigenvalue weighted by Gasteiger charge is -2.22. The van der Waals surface area contributed by atoms with Crippen LogP contribution in [0.4, 0.5) is 11.6 Å². The van der Waals surface area contributed by atoms with Crippen LogP contribution < -0.4 is 11.1 Å². The number of aromatic nitrogens is 4. The molecule has 2 bridgehead atoms. The molecule has 2 aliphatic rings.